The summed E-state index contributed by atoms with van der Waals surface area (Å²) in [7, 11) is 0. The maximum absolute atomic E-state index is 10.4. The third kappa shape index (κ3) is 2.64. The summed E-state index contributed by atoms with van der Waals surface area (Å²) in [6, 6.07) is 1.89. The van der Waals surface area contributed by atoms with Gasteiger partial charge in [0, 0.05) is 17.0 Å². The van der Waals surface area contributed by atoms with Gasteiger partial charge in [-0.05, 0) is 69.9 Å². The highest BCUT2D eigenvalue weighted by Crippen LogP contribution is 2.53. The summed E-state index contributed by atoms with van der Waals surface area (Å²) in [5, 5.41) is 10.4. The van der Waals surface area contributed by atoms with Crippen LogP contribution in [0.2, 0.25) is 0 Å². The van der Waals surface area contributed by atoms with Crippen molar-refractivity contribution in [3.63, 3.8) is 0 Å². The van der Waals surface area contributed by atoms with E-state index in [-0.39, 0.29) is 0 Å². The number of phenols is 1. The Kier molecular flexibility index (Phi) is 4.20. The quantitative estimate of drug-likeness (QED) is 0.753. The highest BCUT2D eigenvalue weighted by atomic mass is 16.5. The molecule has 0 bridgehead atoms. The molecule has 120 valence electrons. The van der Waals surface area contributed by atoms with E-state index in [9.17, 15) is 5.11 Å². The monoisotopic (exact) mass is 300 g/mol. The number of phenolic OH excluding ortho intramolecular Hbond substituents is 1. The van der Waals surface area contributed by atoms with E-state index in [1.807, 2.05) is 6.07 Å². The molecule has 3 rings (SSSR count). The zero-order valence-electron chi connectivity index (χ0n) is 14.3. The van der Waals surface area contributed by atoms with E-state index in [1.54, 1.807) is 0 Å². The van der Waals surface area contributed by atoms with Crippen LogP contribution in [0.4, 0.5) is 0 Å². The van der Waals surface area contributed by atoms with Crippen LogP contribution in [0.5, 0.6) is 11.5 Å². The van der Waals surface area contributed by atoms with E-state index in [4.69, 9.17) is 4.74 Å². The van der Waals surface area contributed by atoms with Crippen molar-refractivity contribution in [2.75, 3.05) is 6.61 Å². The maximum atomic E-state index is 10.4. The van der Waals surface area contributed by atoms with Crippen LogP contribution in [0.3, 0.4) is 0 Å². The van der Waals surface area contributed by atoms with Gasteiger partial charge in [0.15, 0.2) is 0 Å². The van der Waals surface area contributed by atoms with Crippen LogP contribution >= 0.6 is 0 Å². The summed E-state index contributed by atoms with van der Waals surface area (Å²) < 4.78 is 6.14. The molecule has 3 atom stereocenters. The smallest absolute Gasteiger partial charge is 0.126 e. The minimum absolute atomic E-state index is 0.436. The molecule has 1 aromatic rings. The van der Waals surface area contributed by atoms with Crippen LogP contribution in [0, 0.1) is 12.8 Å². The molecule has 1 aliphatic heterocycles. The fourth-order valence-electron chi connectivity index (χ4n) is 4.27. The van der Waals surface area contributed by atoms with Gasteiger partial charge in [-0.1, -0.05) is 18.6 Å². The molecule has 1 unspecified atom stereocenters. The Morgan fingerprint density at radius 2 is 2.09 bits per heavy atom. The molecule has 2 heteroatoms. The Labute approximate surface area is 134 Å². The van der Waals surface area contributed by atoms with E-state index < -0.39 is 0 Å². The molecule has 1 heterocycles. The van der Waals surface area contributed by atoms with Gasteiger partial charge in [-0.25, -0.2) is 0 Å². The second-order valence-electron chi connectivity index (χ2n) is 7.38. The fourth-order valence-corrected chi connectivity index (χ4v) is 4.27. The molecule has 0 radical (unpaired) electrons. The third-order valence-electron chi connectivity index (χ3n) is 5.40. The Morgan fingerprint density at radius 1 is 1.32 bits per heavy atom. The largest absolute Gasteiger partial charge is 0.508 e. The predicted molar refractivity (Wildman–Crippen MR) is 90.9 cm³/mol. The molecular weight excluding hydrogens is 272 g/mol. The second-order valence-corrected chi connectivity index (χ2v) is 7.38. The molecule has 0 saturated heterocycles. The van der Waals surface area contributed by atoms with Gasteiger partial charge in [0.2, 0.25) is 0 Å². The van der Waals surface area contributed by atoms with Crippen LogP contribution in [0.25, 0.3) is 0 Å². The normalized spacial score (nSPS) is 26.1. The Balaban J connectivity index is 1.95. The zero-order chi connectivity index (χ0) is 15.9. The first-order chi connectivity index (χ1) is 10.5. The van der Waals surface area contributed by atoms with Crippen molar-refractivity contribution < 1.29 is 9.84 Å². The average molecular weight is 300 g/mol. The predicted octanol–water partition coefficient (Wildman–Crippen LogP) is 5.44. The van der Waals surface area contributed by atoms with Gasteiger partial charge in [0.25, 0.3) is 0 Å². The number of hydrogen-bond donors (Lipinski definition) is 1. The molecule has 22 heavy (non-hydrogen) atoms. The van der Waals surface area contributed by atoms with Crippen LogP contribution in [0.1, 0.15) is 75.0 Å². The molecule has 0 amide bonds. The molecule has 2 nitrogen and oxygen atoms in total. The van der Waals surface area contributed by atoms with Gasteiger partial charge in [0.05, 0.1) is 6.61 Å². The Morgan fingerprint density at radius 3 is 2.82 bits per heavy atom. The molecule has 0 saturated carbocycles. The lowest BCUT2D eigenvalue weighted by atomic mass is 9.69. The summed E-state index contributed by atoms with van der Waals surface area (Å²) in [6.07, 6.45) is 7.04. The van der Waals surface area contributed by atoms with Crippen molar-refractivity contribution in [1.29, 1.82) is 0 Å². The highest BCUT2D eigenvalue weighted by Gasteiger charge is 2.38. The van der Waals surface area contributed by atoms with E-state index in [0.29, 0.717) is 23.5 Å². The van der Waals surface area contributed by atoms with Crippen molar-refractivity contribution in [3.8, 4) is 11.5 Å². The summed E-state index contributed by atoms with van der Waals surface area (Å²) in [4.78, 5) is 0. The van der Waals surface area contributed by atoms with Crippen LogP contribution < -0.4 is 4.74 Å². The molecular formula is C20H28O2. The summed E-state index contributed by atoms with van der Waals surface area (Å²) in [5.74, 6) is 3.11. The Bertz CT molecular complexity index is 596. The van der Waals surface area contributed by atoms with E-state index in [2.05, 4.69) is 33.8 Å². The highest BCUT2D eigenvalue weighted by molar-refractivity contribution is 5.57. The fraction of sp³-hybridized carbons (Fsp3) is 0.600. The first-order valence-corrected chi connectivity index (χ1v) is 8.61. The zero-order valence-corrected chi connectivity index (χ0v) is 14.3. The van der Waals surface area contributed by atoms with Gasteiger partial charge in [-0.3, -0.25) is 0 Å². The lowest BCUT2D eigenvalue weighted by molar-refractivity contribution is 0.169. The maximum Gasteiger partial charge on any atom is 0.126 e. The third-order valence-corrected chi connectivity index (χ3v) is 5.40. The van der Waals surface area contributed by atoms with Crippen molar-refractivity contribution in [1.82, 2.24) is 0 Å². The minimum Gasteiger partial charge on any atom is -0.508 e. The number of ether oxygens (including phenoxy) is 1. The SMILES string of the molecule is CC(C)=CCCC1COc2c(C)cc(O)c3c2[C@H]1CC[C@H]3C. The molecule has 1 aromatic carbocycles. The van der Waals surface area contributed by atoms with Gasteiger partial charge in [-0.15, -0.1) is 0 Å². The van der Waals surface area contributed by atoms with Gasteiger partial charge in [0.1, 0.15) is 11.5 Å². The summed E-state index contributed by atoms with van der Waals surface area (Å²) in [6.45, 7) is 9.43. The van der Waals surface area contributed by atoms with E-state index in [0.717, 1.165) is 29.9 Å². The molecule has 1 aliphatic carbocycles. The number of rotatable bonds is 3. The van der Waals surface area contributed by atoms with Gasteiger partial charge >= 0.3 is 0 Å². The molecule has 0 fully saturated rings. The molecule has 1 N–H and O–H groups in total. The Hall–Kier alpha value is -1.44. The van der Waals surface area contributed by atoms with Crippen LogP contribution in [-0.4, -0.2) is 11.7 Å². The van der Waals surface area contributed by atoms with Crippen molar-refractivity contribution in [3.05, 3.63) is 34.4 Å². The van der Waals surface area contributed by atoms with Crippen LogP contribution in [-0.2, 0) is 0 Å². The van der Waals surface area contributed by atoms with Crippen LogP contribution in [0.15, 0.2) is 17.7 Å². The average Bonchev–Trinajstić information content (AvgIpc) is 2.45. The molecule has 2 aliphatic rings. The standard InChI is InChI=1S/C20H28O2/c1-12(2)6-5-7-15-11-22-20-14(4)10-17(21)18-13(3)8-9-16(15)19(18)20/h6,10,13,15-16,21H,5,7-9,11H2,1-4H3/t13-,15?,16+/m1/s1. The number of allylic oxidation sites excluding steroid dienone is 2. The lowest BCUT2D eigenvalue weighted by Crippen LogP contribution is -2.30. The number of benzene rings is 1. The summed E-state index contributed by atoms with van der Waals surface area (Å²) in [5.41, 5.74) is 4.95. The van der Waals surface area contributed by atoms with E-state index in [1.165, 1.54) is 30.4 Å². The number of aromatic hydroxyl groups is 1. The van der Waals surface area contributed by atoms with Gasteiger partial charge in [-0.2, -0.15) is 0 Å². The number of aryl methyl sites for hydroxylation is 1. The molecule has 0 aromatic heterocycles. The first kappa shape index (κ1) is 15.5. The van der Waals surface area contributed by atoms with Crippen molar-refractivity contribution in [2.45, 2.75) is 65.2 Å². The van der Waals surface area contributed by atoms with Crippen molar-refractivity contribution in [2.24, 2.45) is 5.92 Å². The lowest BCUT2D eigenvalue weighted by Gasteiger charge is -2.40. The second kappa shape index (κ2) is 5.98. The number of hydrogen-bond acceptors (Lipinski definition) is 2. The summed E-state index contributed by atoms with van der Waals surface area (Å²) >= 11 is 0. The van der Waals surface area contributed by atoms with Gasteiger partial charge < -0.3 is 9.84 Å². The minimum atomic E-state index is 0.436. The molecule has 0 spiro atoms. The first-order valence-electron chi connectivity index (χ1n) is 8.61. The topological polar surface area (TPSA) is 29.5 Å². The van der Waals surface area contributed by atoms with E-state index >= 15 is 0 Å². The van der Waals surface area contributed by atoms with Crippen molar-refractivity contribution >= 4 is 0 Å².